The molecule has 1 amide bonds. The summed E-state index contributed by atoms with van der Waals surface area (Å²) in [5, 5.41) is 4.50. The Hall–Kier alpha value is -1.68. The summed E-state index contributed by atoms with van der Waals surface area (Å²) < 4.78 is 5.08. The number of hydrogen-bond donors (Lipinski definition) is 1. The van der Waals surface area contributed by atoms with Crippen LogP contribution >= 0.6 is 0 Å². The van der Waals surface area contributed by atoms with Crippen molar-refractivity contribution in [1.82, 2.24) is 5.43 Å². The standard InChI is InChI=1S/C19H26N2O2/c1-18(2)15-9-10-19(18,3)16(11-15)20-21-17(22)14-7-5-13(6-8-14)12-23-4/h5-8,15H,9-12H2,1-4H3,(H,21,22)/b20-16-/t15-,19-/m0/s1. The molecule has 1 aromatic rings. The summed E-state index contributed by atoms with van der Waals surface area (Å²) in [4.78, 5) is 12.3. The molecular formula is C19H26N2O2. The molecule has 0 saturated heterocycles. The first kappa shape index (κ1) is 16.2. The van der Waals surface area contributed by atoms with Crippen LogP contribution in [0.2, 0.25) is 0 Å². The summed E-state index contributed by atoms with van der Waals surface area (Å²) in [6, 6.07) is 7.45. The third-order valence-corrected chi connectivity index (χ3v) is 6.33. The fourth-order valence-electron chi connectivity index (χ4n) is 4.20. The van der Waals surface area contributed by atoms with E-state index < -0.39 is 0 Å². The van der Waals surface area contributed by atoms with Gasteiger partial charge in [-0.25, -0.2) is 5.43 Å². The molecule has 0 heterocycles. The molecule has 23 heavy (non-hydrogen) atoms. The van der Waals surface area contributed by atoms with Gasteiger partial charge < -0.3 is 4.74 Å². The van der Waals surface area contributed by atoms with Crippen molar-refractivity contribution in [3.63, 3.8) is 0 Å². The Morgan fingerprint density at radius 3 is 2.52 bits per heavy atom. The van der Waals surface area contributed by atoms with Gasteiger partial charge in [0.25, 0.3) is 5.91 Å². The first-order valence-electron chi connectivity index (χ1n) is 8.34. The minimum Gasteiger partial charge on any atom is -0.380 e. The van der Waals surface area contributed by atoms with Crippen molar-refractivity contribution >= 4 is 11.6 Å². The Balaban J connectivity index is 1.70. The number of hydrogen-bond acceptors (Lipinski definition) is 3. The second kappa shape index (κ2) is 5.75. The second-order valence-corrected chi connectivity index (χ2v) is 7.62. The molecule has 0 aromatic heterocycles. The van der Waals surface area contributed by atoms with E-state index in [0.29, 0.717) is 18.1 Å². The van der Waals surface area contributed by atoms with E-state index in [1.165, 1.54) is 12.8 Å². The van der Waals surface area contributed by atoms with Crippen LogP contribution in [-0.2, 0) is 11.3 Å². The van der Waals surface area contributed by atoms with Crippen LogP contribution in [0, 0.1) is 16.7 Å². The predicted octanol–water partition coefficient (Wildman–Crippen LogP) is 3.77. The van der Waals surface area contributed by atoms with Crippen LogP contribution < -0.4 is 5.43 Å². The van der Waals surface area contributed by atoms with Gasteiger partial charge in [0.2, 0.25) is 0 Å². The highest BCUT2D eigenvalue weighted by molar-refractivity contribution is 5.98. The van der Waals surface area contributed by atoms with Gasteiger partial charge in [-0.1, -0.05) is 32.9 Å². The van der Waals surface area contributed by atoms with E-state index in [4.69, 9.17) is 4.74 Å². The quantitative estimate of drug-likeness (QED) is 0.860. The zero-order valence-corrected chi connectivity index (χ0v) is 14.5. The SMILES string of the molecule is COCc1ccc(C(=O)N/N=C2/C[C@@H]3CC[C@]2(C)C3(C)C)cc1. The van der Waals surface area contributed by atoms with E-state index in [9.17, 15) is 4.79 Å². The average molecular weight is 314 g/mol. The Bertz CT molecular complexity index is 633. The normalized spacial score (nSPS) is 29.9. The number of ether oxygens (including phenoxy) is 1. The van der Waals surface area contributed by atoms with E-state index in [2.05, 4.69) is 31.3 Å². The highest BCUT2D eigenvalue weighted by Crippen LogP contribution is 2.63. The third kappa shape index (κ3) is 2.59. The predicted molar refractivity (Wildman–Crippen MR) is 91.3 cm³/mol. The Labute approximate surface area is 138 Å². The lowest BCUT2D eigenvalue weighted by atomic mass is 9.70. The Morgan fingerprint density at radius 1 is 1.30 bits per heavy atom. The third-order valence-electron chi connectivity index (χ3n) is 6.33. The van der Waals surface area contributed by atoms with Gasteiger partial charge in [-0.05, 0) is 48.3 Å². The number of rotatable bonds is 4. The molecule has 0 unspecified atom stereocenters. The number of amides is 1. The van der Waals surface area contributed by atoms with Crippen molar-refractivity contribution in [2.24, 2.45) is 21.8 Å². The minimum atomic E-state index is -0.148. The summed E-state index contributed by atoms with van der Waals surface area (Å²) in [7, 11) is 1.66. The maximum Gasteiger partial charge on any atom is 0.271 e. The molecule has 4 nitrogen and oxygen atoms in total. The fraction of sp³-hybridized carbons (Fsp3) is 0.579. The molecule has 2 bridgehead atoms. The van der Waals surface area contributed by atoms with E-state index in [0.717, 1.165) is 17.7 Å². The van der Waals surface area contributed by atoms with Crippen molar-refractivity contribution in [2.75, 3.05) is 7.11 Å². The molecule has 124 valence electrons. The van der Waals surface area contributed by atoms with Gasteiger partial charge in [-0.15, -0.1) is 0 Å². The van der Waals surface area contributed by atoms with Crippen molar-refractivity contribution in [3.8, 4) is 0 Å². The molecule has 0 radical (unpaired) electrons. The Kier molecular flexibility index (Phi) is 4.05. The minimum absolute atomic E-state index is 0.118. The highest BCUT2D eigenvalue weighted by atomic mass is 16.5. The molecule has 2 fully saturated rings. The summed E-state index contributed by atoms with van der Waals surface area (Å²) in [6.45, 7) is 7.52. The molecule has 0 aliphatic heterocycles. The zero-order chi connectivity index (χ0) is 16.7. The smallest absolute Gasteiger partial charge is 0.271 e. The van der Waals surface area contributed by atoms with Crippen LogP contribution in [0.4, 0.5) is 0 Å². The summed E-state index contributed by atoms with van der Waals surface area (Å²) in [6.07, 6.45) is 3.46. The zero-order valence-electron chi connectivity index (χ0n) is 14.5. The largest absolute Gasteiger partial charge is 0.380 e. The van der Waals surface area contributed by atoms with Crippen molar-refractivity contribution in [2.45, 2.75) is 46.6 Å². The van der Waals surface area contributed by atoms with Crippen molar-refractivity contribution < 1.29 is 9.53 Å². The van der Waals surface area contributed by atoms with E-state index in [1.54, 1.807) is 7.11 Å². The lowest BCUT2D eigenvalue weighted by molar-refractivity contribution is 0.0953. The second-order valence-electron chi connectivity index (χ2n) is 7.62. The van der Waals surface area contributed by atoms with Crippen LogP contribution in [0.3, 0.4) is 0 Å². The van der Waals surface area contributed by atoms with E-state index in [-0.39, 0.29) is 16.7 Å². The van der Waals surface area contributed by atoms with Crippen LogP contribution in [0.15, 0.2) is 29.4 Å². The lowest BCUT2D eigenvalue weighted by Crippen LogP contribution is -2.34. The molecule has 4 heteroatoms. The van der Waals surface area contributed by atoms with Crippen LogP contribution in [0.25, 0.3) is 0 Å². The fourth-order valence-corrected chi connectivity index (χ4v) is 4.20. The average Bonchev–Trinajstić information content (AvgIpc) is 2.86. The number of fused-ring (bicyclic) bond motifs is 2. The maximum absolute atomic E-state index is 12.3. The molecular weight excluding hydrogens is 288 g/mol. The number of nitrogens with one attached hydrogen (secondary N) is 1. The van der Waals surface area contributed by atoms with E-state index >= 15 is 0 Å². The monoisotopic (exact) mass is 314 g/mol. The number of carbonyl (C=O) groups is 1. The molecule has 1 aromatic carbocycles. The van der Waals surface area contributed by atoms with Gasteiger partial charge in [-0.2, -0.15) is 5.10 Å². The first-order valence-corrected chi connectivity index (χ1v) is 8.34. The van der Waals surface area contributed by atoms with Gasteiger partial charge >= 0.3 is 0 Å². The molecule has 2 saturated carbocycles. The Morgan fingerprint density at radius 2 is 2.00 bits per heavy atom. The van der Waals surface area contributed by atoms with Crippen molar-refractivity contribution in [1.29, 1.82) is 0 Å². The van der Waals surface area contributed by atoms with Gasteiger partial charge in [-0.3, -0.25) is 4.79 Å². The summed E-state index contributed by atoms with van der Waals surface area (Å²) in [5.74, 6) is 0.544. The molecule has 2 aliphatic carbocycles. The van der Waals surface area contributed by atoms with Gasteiger partial charge in [0.15, 0.2) is 0 Å². The maximum atomic E-state index is 12.3. The molecule has 2 atom stereocenters. The molecule has 3 rings (SSSR count). The number of hydrazone groups is 1. The summed E-state index contributed by atoms with van der Waals surface area (Å²) in [5.41, 5.74) is 5.99. The molecule has 2 aliphatic rings. The number of nitrogens with zero attached hydrogens (tertiary/aromatic N) is 1. The van der Waals surface area contributed by atoms with Gasteiger partial charge in [0, 0.05) is 23.8 Å². The van der Waals surface area contributed by atoms with Crippen LogP contribution in [0.5, 0.6) is 0 Å². The van der Waals surface area contributed by atoms with Crippen LogP contribution in [-0.4, -0.2) is 18.7 Å². The molecule has 0 spiro atoms. The summed E-state index contributed by atoms with van der Waals surface area (Å²) >= 11 is 0. The number of carbonyl (C=O) groups excluding carboxylic acids is 1. The van der Waals surface area contributed by atoms with Gasteiger partial charge in [0.1, 0.15) is 0 Å². The number of methoxy groups -OCH3 is 1. The first-order chi connectivity index (χ1) is 10.9. The van der Waals surface area contributed by atoms with Crippen molar-refractivity contribution in [3.05, 3.63) is 35.4 Å². The number of benzene rings is 1. The topological polar surface area (TPSA) is 50.7 Å². The highest BCUT2D eigenvalue weighted by Gasteiger charge is 2.59. The van der Waals surface area contributed by atoms with Gasteiger partial charge in [0.05, 0.1) is 6.61 Å². The lowest BCUT2D eigenvalue weighted by Gasteiger charge is -2.34. The molecule has 1 N–H and O–H groups in total. The van der Waals surface area contributed by atoms with Crippen LogP contribution in [0.1, 0.15) is 56.0 Å². The van der Waals surface area contributed by atoms with E-state index in [1.807, 2.05) is 24.3 Å².